The first-order valence-corrected chi connectivity index (χ1v) is 27.6. The quantitative estimate of drug-likeness (QED) is 0.0194. The number of nitrogens with one attached hydrogen (secondary N) is 3. The third-order valence-electron chi connectivity index (χ3n) is 13.7. The molecule has 0 fully saturated rings. The average Bonchev–Trinajstić information content (AvgIpc) is 3.63. The molecular weight excluding hydrogens is 968 g/mol. The Kier molecular flexibility index (Phi) is 19.0. The van der Waals surface area contributed by atoms with E-state index >= 15 is 0 Å². The predicted octanol–water partition coefficient (Wildman–Crippen LogP) is 9.76. The number of allylic oxidation sites excluding steroid dienone is 2. The number of ether oxygens (including phenoxy) is 2. The van der Waals surface area contributed by atoms with Crippen LogP contribution in [0.3, 0.4) is 0 Å². The Balaban J connectivity index is 0.845. The van der Waals surface area contributed by atoms with Gasteiger partial charge in [0.2, 0.25) is 27.2 Å². The molecule has 3 aromatic carbocycles. The Labute approximate surface area is 435 Å². The Hall–Kier alpha value is -5.74. The van der Waals surface area contributed by atoms with E-state index in [1.165, 1.54) is 0 Å². The average molecular weight is 1040 g/mol. The lowest BCUT2D eigenvalue weighted by Gasteiger charge is -2.30. The number of hydrogen-bond donors (Lipinski definition) is 4. The van der Waals surface area contributed by atoms with Gasteiger partial charge >= 0.3 is 0 Å². The first-order valence-electron chi connectivity index (χ1n) is 25.3. The summed E-state index contributed by atoms with van der Waals surface area (Å²) in [5, 5.41) is 8.65. The van der Waals surface area contributed by atoms with Crippen LogP contribution in [0.15, 0.2) is 128 Å². The van der Waals surface area contributed by atoms with Crippen molar-refractivity contribution in [1.82, 2.24) is 24.8 Å². The summed E-state index contributed by atoms with van der Waals surface area (Å²) >= 11 is 10.9. The van der Waals surface area contributed by atoms with Crippen LogP contribution in [-0.4, -0.2) is 90.8 Å². The van der Waals surface area contributed by atoms with Crippen LogP contribution in [0, 0.1) is 5.92 Å². The SMILES string of the molecule is CCN(CC)c1ccc2c(-c3ccc(S(=O)(=O)NCCCCCC(=O)NCCCCNC(=O)CC4=C(C)N(COc5ccc(Cl)cc5)C5C=CC(OC)=CC45)cc3S)c3ccc(=[N+](CC)CC)cc-3oc2c1. The minimum atomic E-state index is -3.82. The van der Waals surface area contributed by atoms with Crippen molar-refractivity contribution in [1.29, 1.82) is 0 Å². The number of unbranched alkanes of at least 4 members (excludes halogenated alkanes) is 3. The number of carbonyl (C=O) groups excluding carboxylic acids is 2. The molecule has 7 rings (SSSR count). The molecule has 16 heteroatoms. The number of nitrogens with zero attached hydrogens (tertiary/aromatic N) is 3. The molecule has 2 atom stereocenters. The molecule has 2 heterocycles. The topological polar surface area (TPSA) is 145 Å². The summed E-state index contributed by atoms with van der Waals surface area (Å²) in [6.07, 6.45) is 10.1. The summed E-state index contributed by atoms with van der Waals surface area (Å²) in [6.45, 7) is 15.6. The highest BCUT2D eigenvalue weighted by molar-refractivity contribution is 7.89. The second-order valence-corrected chi connectivity index (χ2v) is 20.8. The van der Waals surface area contributed by atoms with Gasteiger partial charge in [0.05, 0.1) is 30.5 Å². The highest BCUT2D eigenvalue weighted by Crippen LogP contribution is 2.44. The lowest BCUT2D eigenvalue weighted by Crippen LogP contribution is -2.35. The largest absolute Gasteiger partial charge is 0.497 e. The van der Waals surface area contributed by atoms with Crippen molar-refractivity contribution in [2.75, 3.05) is 64.6 Å². The molecule has 3 aromatic rings. The molecule has 72 heavy (non-hydrogen) atoms. The fraction of sp³-hybridized carbons (Fsp3) is 0.411. The van der Waals surface area contributed by atoms with Gasteiger partial charge in [-0.05, 0) is 138 Å². The summed E-state index contributed by atoms with van der Waals surface area (Å²) in [5.74, 6) is 2.09. The summed E-state index contributed by atoms with van der Waals surface area (Å²) in [7, 11) is -2.18. The second-order valence-electron chi connectivity index (χ2n) is 18.1. The van der Waals surface area contributed by atoms with Gasteiger partial charge in [0.15, 0.2) is 6.73 Å². The van der Waals surface area contributed by atoms with Gasteiger partial charge < -0.3 is 34.3 Å². The highest BCUT2D eigenvalue weighted by atomic mass is 35.5. The smallest absolute Gasteiger partial charge is 0.240 e. The number of halogens is 1. The van der Waals surface area contributed by atoms with Gasteiger partial charge in [0.1, 0.15) is 35.9 Å². The summed E-state index contributed by atoms with van der Waals surface area (Å²) in [5.41, 5.74) is 6.50. The van der Waals surface area contributed by atoms with Crippen molar-refractivity contribution >= 4 is 62.7 Å². The predicted molar refractivity (Wildman–Crippen MR) is 292 cm³/mol. The first kappa shape index (κ1) is 54.0. The maximum atomic E-state index is 13.5. The second kappa shape index (κ2) is 25.3. The lowest BCUT2D eigenvalue weighted by atomic mass is 9.88. The fourth-order valence-electron chi connectivity index (χ4n) is 9.66. The van der Waals surface area contributed by atoms with E-state index in [1.54, 1.807) is 31.4 Å². The highest BCUT2D eigenvalue weighted by Gasteiger charge is 2.39. The molecule has 0 aromatic heterocycles. The van der Waals surface area contributed by atoms with Gasteiger partial charge in [-0.3, -0.25) is 9.59 Å². The van der Waals surface area contributed by atoms with E-state index in [2.05, 4.69) is 106 Å². The molecule has 0 saturated heterocycles. The third-order valence-corrected chi connectivity index (χ3v) is 15.8. The normalized spacial score (nSPS) is 15.4. The van der Waals surface area contributed by atoms with Crippen LogP contribution in [0.2, 0.25) is 5.02 Å². The van der Waals surface area contributed by atoms with Gasteiger partial charge in [-0.15, -0.1) is 12.6 Å². The van der Waals surface area contributed by atoms with Crippen molar-refractivity contribution in [3.8, 4) is 28.2 Å². The Morgan fingerprint density at radius 3 is 2.25 bits per heavy atom. The maximum Gasteiger partial charge on any atom is 0.240 e. The molecule has 384 valence electrons. The van der Waals surface area contributed by atoms with Crippen LogP contribution < -0.4 is 34.9 Å². The van der Waals surface area contributed by atoms with Crippen molar-refractivity contribution < 1.29 is 31.9 Å². The molecule has 0 saturated carbocycles. The molecule has 0 bridgehead atoms. The molecular formula is C56H70ClN6O7S2+. The van der Waals surface area contributed by atoms with Crippen LogP contribution in [0.1, 0.15) is 79.6 Å². The fourth-order valence-corrected chi connectivity index (χ4v) is 11.3. The Morgan fingerprint density at radius 2 is 1.56 bits per heavy atom. The molecule has 2 unspecified atom stereocenters. The van der Waals surface area contributed by atoms with E-state index in [1.807, 2.05) is 31.2 Å². The van der Waals surface area contributed by atoms with E-state index < -0.39 is 10.0 Å². The van der Waals surface area contributed by atoms with Gasteiger partial charge in [-0.25, -0.2) is 17.7 Å². The number of hydrogen-bond acceptors (Lipinski definition) is 10. The van der Waals surface area contributed by atoms with Crippen molar-refractivity contribution in [3.63, 3.8) is 0 Å². The van der Waals surface area contributed by atoms with Crippen LogP contribution >= 0.6 is 24.2 Å². The van der Waals surface area contributed by atoms with E-state index in [0.29, 0.717) is 61.2 Å². The van der Waals surface area contributed by atoms with E-state index in [0.717, 1.165) is 101 Å². The monoisotopic (exact) mass is 1040 g/mol. The number of anilines is 1. The lowest BCUT2D eigenvalue weighted by molar-refractivity contribution is -0.122. The molecule has 3 N–H and O–H groups in total. The van der Waals surface area contributed by atoms with Gasteiger partial charge in [0.25, 0.3) is 0 Å². The number of amides is 2. The summed E-state index contributed by atoms with van der Waals surface area (Å²) in [4.78, 5) is 30.9. The maximum absolute atomic E-state index is 13.5. The third kappa shape index (κ3) is 13.1. The molecule has 2 amide bonds. The van der Waals surface area contributed by atoms with Crippen LogP contribution in [0.4, 0.5) is 5.69 Å². The minimum Gasteiger partial charge on any atom is -0.497 e. The number of sulfonamides is 1. The van der Waals surface area contributed by atoms with Gasteiger partial charge in [-0.2, -0.15) is 0 Å². The Bertz CT molecular complexity index is 2960. The van der Waals surface area contributed by atoms with Crippen LogP contribution in [0.25, 0.3) is 33.4 Å². The van der Waals surface area contributed by atoms with E-state index in [-0.39, 0.29) is 41.6 Å². The molecule has 0 spiro atoms. The van der Waals surface area contributed by atoms with Crippen LogP contribution in [0.5, 0.6) is 5.75 Å². The van der Waals surface area contributed by atoms with E-state index in [9.17, 15) is 18.0 Å². The molecule has 2 aliphatic carbocycles. The number of carbonyl (C=O) groups is 2. The molecule has 4 aliphatic rings. The standard InChI is InChI=1S/C56H69ClN6O7S2/c1-7-61(8-2)40-19-25-45-51(32-40)70-52-33-41(62(9-3)10-4)20-26-46(52)56(45)47-27-24-44(35-53(47)71)72(66,67)60-31-13-11-12-16-54(64)58-29-14-15-30-59-55(65)36-48-38(5)63(37-69-42-21-17-39(57)18-22-42)50-28-23-43(68-6)34-49(48)50/h17-28,32-35,49-50,60H,7-16,29-31,36-37H2,1-6H3,(H2,58,59,64,65)/p+1. The number of methoxy groups -OCH3 is 1. The first-order chi connectivity index (χ1) is 34.8. The zero-order chi connectivity index (χ0) is 51.4. The zero-order valence-electron chi connectivity index (χ0n) is 42.4. The summed E-state index contributed by atoms with van der Waals surface area (Å²) < 4.78 is 50.3. The minimum absolute atomic E-state index is 0.00840. The van der Waals surface area contributed by atoms with E-state index in [4.69, 9.17) is 38.1 Å². The molecule has 2 aliphatic heterocycles. The van der Waals surface area contributed by atoms with Gasteiger partial charge in [0, 0.05) is 95.0 Å². The number of thiol groups is 1. The number of fused-ring (bicyclic) bond motifs is 3. The van der Waals surface area contributed by atoms with Crippen molar-refractivity contribution in [2.24, 2.45) is 5.92 Å². The Morgan fingerprint density at radius 1 is 0.847 bits per heavy atom. The molecule has 0 radical (unpaired) electrons. The number of benzene rings is 4. The summed E-state index contributed by atoms with van der Waals surface area (Å²) in [6, 6.07) is 24.9. The zero-order valence-corrected chi connectivity index (χ0v) is 44.9. The van der Waals surface area contributed by atoms with Gasteiger partial charge in [-0.1, -0.05) is 30.2 Å². The van der Waals surface area contributed by atoms with Crippen molar-refractivity contribution in [2.45, 2.75) is 95.4 Å². The number of rotatable bonds is 25. The molecule has 13 nitrogen and oxygen atoms in total. The van der Waals surface area contributed by atoms with Crippen molar-refractivity contribution in [3.05, 3.63) is 125 Å². The van der Waals surface area contributed by atoms with Crippen LogP contribution in [-0.2, 0) is 24.3 Å².